The third-order valence-corrected chi connectivity index (χ3v) is 3.06. The molecule has 0 aromatic heterocycles. The Hall–Kier alpha value is -0.357. The topological polar surface area (TPSA) is 0 Å². The van der Waals surface area contributed by atoms with E-state index in [2.05, 4.69) is 74.5 Å². The first kappa shape index (κ1) is 18.7. The van der Waals surface area contributed by atoms with Gasteiger partial charge in [-0.1, -0.05) is 32.8 Å². The molecule has 0 fully saturated rings. The van der Waals surface area contributed by atoms with Crippen molar-refractivity contribution in [1.82, 2.24) is 0 Å². The van der Waals surface area contributed by atoms with E-state index in [4.69, 9.17) is 17.0 Å². The van der Waals surface area contributed by atoms with E-state index in [0.717, 1.165) is 0 Å². The minimum Gasteiger partial charge on any atom is -0.168 e. The van der Waals surface area contributed by atoms with Crippen LogP contribution in [0.4, 0.5) is 0 Å². The molecule has 0 aliphatic carbocycles. The summed E-state index contributed by atoms with van der Waals surface area (Å²) < 4.78 is 0. The van der Waals surface area contributed by atoms with Crippen LogP contribution >= 0.6 is 17.0 Å². The molecule has 3 aromatic carbocycles. The van der Waals surface area contributed by atoms with Crippen LogP contribution in [0, 0.1) is 6.92 Å². The molecular weight excluding hydrogens is 378 g/mol. The predicted molar refractivity (Wildman–Crippen MR) is 92.0 cm³/mol. The molecule has 3 rings (SSSR count). The largest absolute Gasteiger partial charge is 0.168 e. The fourth-order valence-corrected chi connectivity index (χ4v) is 2.14. The fraction of sp³-hybridized carbons (Fsp3) is 0.222. The molecule has 0 atom stereocenters. The molecule has 0 radical (unpaired) electrons. The smallest absolute Gasteiger partial charge is 0.0809 e. The maximum atomic E-state index is 4.93. The molecule has 0 heterocycles. The molecule has 0 saturated heterocycles. The second-order valence-corrected chi connectivity index (χ2v) is 8.50. The van der Waals surface area contributed by atoms with Gasteiger partial charge in [-0.05, 0) is 0 Å². The number of hydrogen-bond acceptors (Lipinski definition) is 0. The van der Waals surface area contributed by atoms with Crippen LogP contribution in [-0.2, 0) is 27.3 Å². The van der Waals surface area contributed by atoms with Crippen molar-refractivity contribution in [3.63, 3.8) is 0 Å². The summed E-state index contributed by atoms with van der Waals surface area (Å²) in [5.74, 6) is 0. The number of benzene rings is 1. The SMILES string of the molecule is CCCc1cc[c-](C)c1.[Cl][Zr+2][Cl].c1ccc2[cH-]ccc2c1. The van der Waals surface area contributed by atoms with Gasteiger partial charge in [0.15, 0.2) is 0 Å². The summed E-state index contributed by atoms with van der Waals surface area (Å²) >= 11 is -0.826. The van der Waals surface area contributed by atoms with Gasteiger partial charge in [-0.3, -0.25) is 0 Å². The van der Waals surface area contributed by atoms with Crippen molar-refractivity contribution < 1.29 is 20.8 Å². The molecule has 0 aliphatic rings. The molecule has 0 spiro atoms. The van der Waals surface area contributed by atoms with Gasteiger partial charge < -0.3 is 0 Å². The van der Waals surface area contributed by atoms with E-state index in [1.165, 1.54) is 34.7 Å². The van der Waals surface area contributed by atoms with Crippen molar-refractivity contribution in [3.8, 4) is 0 Å². The Morgan fingerprint density at radius 3 is 2.43 bits per heavy atom. The van der Waals surface area contributed by atoms with E-state index < -0.39 is 20.8 Å². The van der Waals surface area contributed by atoms with Crippen molar-refractivity contribution in [1.29, 1.82) is 0 Å². The van der Waals surface area contributed by atoms with Crippen molar-refractivity contribution in [2.24, 2.45) is 0 Å². The number of halogens is 2. The van der Waals surface area contributed by atoms with Crippen LogP contribution in [0.15, 0.2) is 60.7 Å². The Kier molecular flexibility index (Phi) is 10.0. The van der Waals surface area contributed by atoms with Gasteiger partial charge in [0, 0.05) is 0 Å². The minimum absolute atomic E-state index is 0.826. The van der Waals surface area contributed by atoms with Gasteiger partial charge in [-0.25, -0.2) is 6.07 Å². The van der Waals surface area contributed by atoms with E-state index in [1.807, 2.05) is 0 Å². The van der Waals surface area contributed by atoms with Crippen molar-refractivity contribution in [2.45, 2.75) is 26.7 Å². The van der Waals surface area contributed by atoms with E-state index in [0.29, 0.717) is 0 Å². The van der Waals surface area contributed by atoms with Gasteiger partial charge in [-0.2, -0.15) is 40.8 Å². The molecule has 0 nitrogen and oxygen atoms in total. The maximum absolute atomic E-state index is 4.93. The van der Waals surface area contributed by atoms with Gasteiger partial charge in [0.2, 0.25) is 0 Å². The Morgan fingerprint density at radius 1 is 1.14 bits per heavy atom. The second kappa shape index (κ2) is 11.2. The Morgan fingerprint density at radius 2 is 1.86 bits per heavy atom. The minimum atomic E-state index is -0.826. The summed E-state index contributed by atoms with van der Waals surface area (Å²) in [6.07, 6.45) is 2.48. The van der Waals surface area contributed by atoms with Crippen LogP contribution in [0.1, 0.15) is 24.5 Å². The molecule has 3 heteroatoms. The Balaban J connectivity index is 0.000000178. The van der Waals surface area contributed by atoms with Crippen LogP contribution in [0.2, 0.25) is 0 Å². The fourth-order valence-electron chi connectivity index (χ4n) is 2.14. The molecule has 0 unspecified atom stereocenters. The number of aryl methyl sites for hydroxylation is 2. The Labute approximate surface area is 146 Å². The third-order valence-electron chi connectivity index (χ3n) is 3.06. The van der Waals surface area contributed by atoms with Gasteiger partial charge in [0.1, 0.15) is 0 Å². The normalized spacial score (nSPS) is 9.14. The Bertz CT molecular complexity index is 580. The van der Waals surface area contributed by atoms with Crippen LogP contribution in [-0.4, -0.2) is 0 Å². The zero-order chi connectivity index (χ0) is 15.5. The van der Waals surface area contributed by atoms with E-state index >= 15 is 0 Å². The second-order valence-electron chi connectivity index (χ2n) is 4.77. The summed E-state index contributed by atoms with van der Waals surface area (Å²) in [6.45, 7) is 4.35. The van der Waals surface area contributed by atoms with Crippen molar-refractivity contribution in [2.75, 3.05) is 0 Å². The van der Waals surface area contributed by atoms with E-state index in [-0.39, 0.29) is 0 Å². The van der Waals surface area contributed by atoms with Gasteiger partial charge in [0.05, 0.1) is 0 Å². The van der Waals surface area contributed by atoms with E-state index in [1.54, 1.807) is 0 Å². The zero-order valence-electron chi connectivity index (χ0n) is 12.4. The molecular formula is C18H20Cl2Zr. The molecule has 21 heavy (non-hydrogen) atoms. The quantitative estimate of drug-likeness (QED) is 0.427. The maximum Gasteiger partial charge on any atom is -0.0809 e. The zero-order valence-corrected chi connectivity index (χ0v) is 16.4. The van der Waals surface area contributed by atoms with Gasteiger partial charge in [-0.15, -0.1) is 29.7 Å². The summed E-state index contributed by atoms with van der Waals surface area (Å²) in [7, 11) is 9.87. The predicted octanol–water partition coefficient (Wildman–Crippen LogP) is 6.60. The van der Waals surface area contributed by atoms with Crippen LogP contribution in [0.3, 0.4) is 0 Å². The number of rotatable bonds is 2. The average Bonchev–Trinajstić information content (AvgIpc) is 3.09. The average molecular weight is 398 g/mol. The van der Waals surface area contributed by atoms with Crippen LogP contribution in [0.25, 0.3) is 10.8 Å². The first-order valence-corrected chi connectivity index (χ1v) is 13.3. The summed E-state index contributed by atoms with van der Waals surface area (Å²) in [4.78, 5) is 0. The van der Waals surface area contributed by atoms with E-state index in [9.17, 15) is 0 Å². The van der Waals surface area contributed by atoms with Gasteiger partial charge in [0.25, 0.3) is 0 Å². The van der Waals surface area contributed by atoms with Crippen LogP contribution in [0.5, 0.6) is 0 Å². The monoisotopic (exact) mass is 396 g/mol. The molecule has 110 valence electrons. The summed E-state index contributed by atoms with van der Waals surface area (Å²) in [6, 6.07) is 21.3. The molecule has 0 saturated carbocycles. The third kappa shape index (κ3) is 7.45. The molecule has 3 aromatic rings. The summed E-state index contributed by atoms with van der Waals surface area (Å²) in [5, 5.41) is 2.66. The standard InChI is InChI=1S/C9H7.C9H13.2ClH.Zr/c1-2-5-9-7-3-6-8(9)4-1;1-3-4-9-6-5-8(2)7-9;;;/h1-7H;5-7H,3-4H2,1-2H3;2*1H;/q2*-1;;;+4/p-2. The molecule has 0 amide bonds. The molecule has 0 aliphatic heterocycles. The molecule has 0 N–H and O–H groups in total. The van der Waals surface area contributed by atoms with Crippen molar-refractivity contribution >= 4 is 27.8 Å². The summed E-state index contributed by atoms with van der Waals surface area (Å²) in [5.41, 5.74) is 2.87. The van der Waals surface area contributed by atoms with Gasteiger partial charge >= 0.3 is 37.9 Å². The number of hydrogen-bond donors (Lipinski definition) is 0. The van der Waals surface area contributed by atoms with Crippen LogP contribution < -0.4 is 0 Å². The first-order chi connectivity index (χ1) is 10.2. The first-order valence-electron chi connectivity index (χ1n) is 7.00. The molecule has 0 bridgehead atoms. The number of fused-ring (bicyclic) bond motifs is 1. The van der Waals surface area contributed by atoms with Crippen molar-refractivity contribution in [3.05, 3.63) is 71.8 Å².